The summed E-state index contributed by atoms with van der Waals surface area (Å²) in [6.07, 6.45) is 2.47. The number of methoxy groups -OCH3 is 1. The van der Waals surface area contributed by atoms with Crippen molar-refractivity contribution in [3.05, 3.63) is 28.8 Å². The summed E-state index contributed by atoms with van der Waals surface area (Å²) in [7, 11) is 1.73. The second-order valence-corrected chi connectivity index (χ2v) is 6.12. The Labute approximate surface area is 115 Å². The first-order chi connectivity index (χ1) is 9.10. The second-order valence-electron chi connectivity index (χ2n) is 6.12. The van der Waals surface area contributed by atoms with E-state index in [1.165, 1.54) is 29.5 Å². The van der Waals surface area contributed by atoms with Crippen LogP contribution in [0, 0.1) is 19.3 Å². The van der Waals surface area contributed by atoms with Gasteiger partial charge in [-0.15, -0.1) is 0 Å². The Morgan fingerprint density at radius 2 is 1.89 bits per heavy atom. The van der Waals surface area contributed by atoms with Crippen LogP contribution in [-0.2, 0) is 10.2 Å². The summed E-state index contributed by atoms with van der Waals surface area (Å²) in [5.74, 6) is 0.967. The fourth-order valence-corrected chi connectivity index (χ4v) is 3.62. The molecule has 2 aliphatic rings. The van der Waals surface area contributed by atoms with Crippen LogP contribution in [-0.4, -0.2) is 26.9 Å². The monoisotopic (exact) mass is 261 g/mol. The highest BCUT2D eigenvalue weighted by Gasteiger charge is 2.63. The topological polar surface area (TPSA) is 44.5 Å². The Balaban J connectivity index is 2.08. The fraction of sp³-hybridized carbons (Fsp3) is 0.625. The Bertz CT molecular complexity index is 502. The van der Waals surface area contributed by atoms with Gasteiger partial charge in [0, 0.05) is 5.41 Å². The van der Waals surface area contributed by atoms with Crippen molar-refractivity contribution in [2.24, 2.45) is 11.1 Å². The third-order valence-corrected chi connectivity index (χ3v) is 5.43. The van der Waals surface area contributed by atoms with Gasteiger partial charge in [0.25, 0.3) is 0 Å². The van der Waals surface area contributed by atoms with Crippen LogP contribution in [0.4, 0.5) is 0 Å². The van der Waals surface area contributed by atoms with Crippen LogP contribution < -0.4 is 10.5 Å². The molecule has 0 bridgehead atoms. The molecular formula is C16H23NO2. The van der Waals surface area contributed by atoms with E-state index in [1.54, 1.807) is 7.11 Å². The number of rotatable bonds is 4. The van der Waals surface area contributed by atoms with Gasteiger partial charge in [-0.1, -0.05) is 6.07 Å². The molecular weight excluding hydrogens is 238 g/mol. The normalized spacial score (nSPS) is 22.7. The molecule has 1 aliphatic heterocycles. The van der Waals surface area contributed by atoms with E-state index in [4.69, 9.17) is 15.2 Å². The minimum Gasteiger partial charge on any atom is -0.496 e. The number of hydrogen-bond donors (Lipinski definition) is 1. The molecule has 1 saturated heterocycles. The summed E-state index contributed by atoms with van der Waals surface area (Å²) >= 11 is 0. The van der Waals surface area contributed by atoms with E-state index < -0.39 is 0 Å². The average Bonchev–Trinajstić information content (AvgIpc) is 3.15. The zero-order valence-electron chi connectivity index (χ0n) is 12.1. The standard InChI is InChI=1S/C16H23NO2/c1-11-12(2)14(18-3)5-4-13(11)16(9-19-10-16)15(8-17)6-7-15/h4-5H,6-10,17H2,1-3H3. The quantitative estimate of drug-likeness (QED) is 0.904. The van der Waals surface area contributed by atoms with Crippen molar-refractivity contribution in [3.63, 3.8) is 0 Å². The lowest BCUT2D eigenvalue weighted by Crippen LogP contribution is -2.56. The average molecular weight is 261 g/mol. The molecule has 0 radical (unpaired) electrons. The smallest absolute Gasteiger partial charge is 0.122 e. The lowest BCUT2D eigenvalue weighted by Gasteiger charge is -2.49. The molecule has 1 saturated carbocycles. The Morgan fingerprint density at radius 1 is 1.21 bits per heavy atom. The Morgan fingerprint density at radius 3 is 2.32 bits per heavy atom. The van der Waals surface area contributed by atoms with Gasteiger partial charge in [0.15, 0.2) is 0 Å². The van der Waals surface area contributed by atoms with Gasteiger partial charge in [-0.3, -0.25) is 0 Å². The van der Waals surface area contributed by atoms with E-state index in [9.17, 15) is 0 Å². The minimum absolute atomic E-state index is 0.142. The Kier molecular flexibility index (Phi) is 2.88. The first kappa shape index (κ1) is 12.9. The third kappa shape index (κ3) is 1.58. The summed E-state index contributed by atoms with van der Waals surface area (Å²) in [4.78, 5) is 0. The molecule has 0 atom stereocenters. The first-order valence-corrected chi connectivity index (χ1v) is 7.03. The molecule has 3 heteroatoms. The zero-order valence-corrected chi connectivity index (χ0v) is 12.1. The van der Waals surface area contributed by atoms with Gasteiger partial charge in [-0.2, -0.15) is 0 Å². The maximum absolute atomic E-state index is 6.07. The number of nitrogens with two attached hydrogens (primary N) is 1. The van der Waals surface area contributed by atoms with Crippen LogP contribution in [0.15, 0.2) is 12.1 Å². The number of hydrogen-bond acceptors (Lipinski definition) is 3. The van der Waals surface area contributed by atoms with Crippen LogP contribution in [0.1, 0.15) is 29.5 Å². The predicted molar refractivity (Wildman–Crippen MR) is 75.7 cm³/mol. The molecule has 3 rings (SSSR count). The SMILES string of the molecule is COc1ccc(C2(C3(CN)CC3)COC2)c(C)c1C. The molecule has 1 heterocycles. The lowest BCUT2D eigenvalue weighted by molar-refractivity contribution is -0.0976. The molecule has 0 spiro atoms. The molecule has 104 valence electrons. The van der Waals surface area contributed by atoms with Crippen molar-refractivity contribution >= 4 is 0 Å². The molecule has 3 nitrogen and oxygen atoms in total. The number of ether oxygens (including phenoxy) is 2. The molecule has 1 aromatic rings. The van der Waals surface area contributed by atoms with Gasteiger partial charge in [-0.05, 0) is 61.4 Å². The van der Waals surface area contributed by atoms with E-state index >= 15 is 0 Å². The second kappa shape index (κ2) is 4.22. The van der Waals surface area contributed by atoms with Crippen LogP contribution in [0.25, 0.3) is 0 Å². The van der Waals surface area contributed by atoms with E-state index in [0.29, 0.717) is 0 Å². The molecule has 1 aromatic carbocycles. The zero-order chi connectivity index (χ0) is 13.7. The first-order valence-electron chi connectivity index (χ1n) is 7.03. The summed E-state index contributed by atoms with van der Waals surface area (Å²) in [5.41, 5.74) is 10.5. The van der Waals surface area contributed by atoms with E-state index in [2.05, 4.69) is 26.0 Å². The molecule has 2 fully saturated rings. The van der Waals surface area contributed by atoms with E-state index in [0.717, 1.165) is 25.5 Å². The van der Waals surface area contributed by atoms with Gasteiger partial charge in [0.05, 0.1) is 20.3 Å². The Hall–Kier alpha value is -1.06. The van der Waals surface area contributed by atoms with Crippen LogP contribution in [0.5, 0.6) is 5.75 Å². The summed E-state index contributed by atoms with van der Waals surface area (Å²) in [5, 5.41) is 0. The van der Waals surface area contributed by atoms with Crippen molar-refractivity contribution in [1.82, 2.24) is 0 Å². The summed E-state index contributed by atoms with van der Waals surface area (Å²) < 4.78 is 11.0. The summed E-state index contributed by atoms with van der Waals surface area (Å²) in [6, 6.07) is 4.31. The maximum atomic E-state index is 6.07. The van der Waals surface area contributed by atoms with Crippen LogP contribution in [0.3, 0.4) is 0 Å². The third-order valence-electron chi connectivity index (χ3n) is 5.43. The van der Waals surface area contributed by atoms with Gasteiger partial charge in [0.1, 0.15) is 5.75 Å². The van der Waals surface area contributed by atoms with Crippen molar-refractivity contribution < 1.29 is 9.47 Å². The number of benzene rings is 1. The molecule has 0 amide bonds. The molecule has 0 unspecified atom stereocenters. The van der Waals surface area contributed by atoms with Crippen LogP contribution >= 0.6 is 0 Å². The lowest BCUT2D eigenvalue weighted by atomic mass is 9.64. The fourth-order valence-electron chi connectivity index (χ4n) is 3.62. The highest BCUT2D eigenvalue weighted by Crippen LogP contribution is 2.62. The van der Waals surface area contributed by atoms with E-state index in [1.807, 2.05) is 0 Å². The summed E-state index contributed by atoms with van der Waals surface area (Å²) in [6.45, 7) is 6.72. The van der Waals surface area contributed by atoms with E-state index in [-0.39, 0.29) is 10.8 Å². The minimum atomic E-state index is 0.142. The van der Waals surface area contributed by atoms with Crippen molar-refractivity contribution in [3.8, 4) is 5.75 Å². The largest absolute Gasteiger partial charge is 0.496 e. The van der Waals surface area contributed by atoms with Gasteiger partial charge in [0.2, 0.25) is 0 Å². The maximum Gasteiger partial charge on any atom is 0.122 e. The molecule has 0 aromatic heterocycles. The predicted octanol–water partition coefficient (Wildman–Crippen LogP) is 2.32. The van der Waals surface area contributed by atoms with Gasteiger partial charge >= 0.3 is 0 Å². The molecule has 2 N–H and O–H groups in total. The van der Waals surface area contributed by atoms with Gasteiger partial charge in [-0.25, -0.2) is 0 Å². The highest BCUT2D eigenvalue weighted by molar-refractivity contribution is 5.49. The van der Waals surface area contributed by atoms with Crippen molar-refractivity contribution in [1.29, 1.82) is 0 Å². The highest BCUT2D eigenvalue weighted by atomic mass is 16.5. The molecule has 19 heavy (non-hydrogen) atoms. The van der Waals surface area contributed by atoms with Crippen molar-refractivity contribution in [2.75, 3.05) is 26.9 Å². The van der Waals surface area contributed by atoms with Crippen molar-refractivity contribution in [2.45, 2.75) is 32.1 Å². The van der Waals surface area contributed by atoms with Crippen LogP contribution in [0.2, 0.25) is 0 Å². The van der Waals surface area contributed by atoms with Gasteiger partial charge < -0.3 is 15.2 Å². The molecule has 1 aliphatic carbocycles.